The van der Waals surface area contributed by atoms with E-state index >= 15 is 0 Å². The van der Waals surface area contributed by atoms with Crippen LogP contribution < -0.4 is 15.4 Å². The van der Waals surface area contributed by atoms with E-state index in [2.05, 4.69) is 27.4 Å². The lowest BCUT2D eigenvalue weighted by Gasteiger charge is -2.08. The zero-order chi connectivity index (χ0) is 19.8. The normalized spacial score (nSPS) is 10.3. The molecule has 0 aliphatic carbocycles. The number of rotatable bonds is 9. The van der Waals surface area contributed by atoms with Crippen molar-refractivity contribution >= 4 is 39.8 Å². The molecule has 1 amide bonds. The molecule has 0 fully saturated rings. The van der Waals surface area contributed by atoms with Gasteiger partial charge in [0.05, 0.1) is 5.75 Å². The number of ether oxygens (including phenoxy) is 1. The van der Waals surface area contributed by atoms with E-state index in [9.17, 15) is 4.79 Å². The van der Waals surface area contributed by atoms with Crippen molar-refractivity contribution in [2.75, 3.05) is 22.9 Å². The van der Waals surface area contributed by atoms with E-state index in [0.717, 1.165) is 15.7 Å². The van der Waals surface area contributed by atoms with Crippen LogP contribution in [0.15, 0.2) is 65.5 Å². The van der Waals surface area contributed by atoms with E-state index < -0.39 is 0 Å². The second-order valence-corrected chi connectivity index (χ2v) is 8.02. The molecule has 28 heavy (non-hydrogen) atoms. The van der Waals surface area contributed by atoms with Crippen molar-refractivity contribution < 1.29 is 9.53 Å². The van der Waals surface area contributed by atoms with Gasteiger partial charge >= 0.3 is 0 Å². The van der Waals surface area contributed by atoms with Crippen LogP contribution in [0.2, 0.25) is 0 Å². The Hall–Kier alpha value is -2.84. The van der Waals surface area contributed by atoms with E-state index in [4.69, 9.17) is 4.74 Å². The number of hydrogen-bond donors (Lipinski definition) is 2. The second-order valence-electron chi connectivity index (χ2n) is 5.82. The molecule has 6 nitrogen and oxygen atoms in total. The fraction of sp³-hybridized carbons (Fsp3) is 0.150. The molecule has 0 unspecified atom stereocenters. The van der Waals surface area contributed by atoms with Gasteiger partial charge in [0.25, 0.3) is 0 Å². The van der Waals surface area contributed by atoms with Crippen molar-refractivity contribution in [3.05, 3.63) is 66.7 Å². The average Bonchev–Trinajstić information content (AvgIpc) is 3.14. The molecule has 0 saturated heterocycles. The van der Waals surface area contributed by atoms with E-state index in [0.29, 0.717) is 23.1 Å². The van der Waals surface area contributed by atoms with E-state index in [1.807, 2.05) is 55.5 Å². The highest BCUT2D eigenvalue weighted by Crippen LogP contribution is 2.26. The van der Waals surface area contributed by atoms with Crippen molar-refractivity contribution in [1.82, 2.24) is 10.2 Å². The van der Waals surface area contributed by atoms with Gasteiger partial charge in [0.1, 0.15) is 11.5 Å². The number of benzene rings is 2. The molecule has 0 atom stereocenters. The van der Waals surface area contributed by atoms with Gasteiger partial charge in [-0.05, 0) is 48.9 Å². The van der Waals surface area contributed by atoms with Crippen LogP contribution in [0.5, 0.6) is 11.5 Å². The topological polar surface area (TPSA) is 76.1 Å². The third kappa shape index (κ3) is 6.11. The number of nitrogens with one attached hydrogen (secondary N) is 2. The lowest BCUT2D eigenvalue weighted by atomic mass is 10.2. The SMILES string of the molecule is C=CCNc1nnc(SCC(=O)Nc2ccc(Oc3cccc(C)c3)cc2)s1. The van der Waals surface area contributed by atoms with Crippen molar-refractivity contribution in [1.29, 1.82) is 0 Å². The third-order valence-electron chi connectivity index (χ3n) is 3.49. The monoisotopic (exact) mass is 412 g/mol. The molecule has 8 heteroatoms. The van der Waals surface area contributed by atoms with Gasteiger partial charge in [-0.2, -0.15) is 0 Å². The minimum atomic E-state index is -0.104. The van der Waals surface area contributed by atoms with Crippen molar-refractivity contribution in [2.24, 2.45) is 0 Å². The summed E-state index contributed by atoms with van der Waals surface area (Å²) in [7, 11) is 0. The molecule has 2 aromatic carbocycles. The minimum absolute atomic E-state index is 0.104. The molecule has 0 aliphatic rings. The summed E-state index contributed by atoms with van der Waals surface area (Å²) in [6.07, 6.45) is 1.75. The highest BCUT2D eigenvalue weighted by Gasteiger charge is 2.08. The van der Waals surface area contributed by atoms with Crippen LogP contribution >= 0.6 is 23.1 Å². The first-order valence-electron chi connectivity index (χ1n) is 8.58. The van der Waals surface area contributed by atoms with Crippen molar-refractivity contribution in [3.8, 4) is 11.5 Å². The fourth-order valence-electron chi connectivity index (χ4n) is 2.24. The maximum Gasteiger partial charge on any atom is 0.234 e. The number of carbonyl (C=O) groups excluding carboxylic acids is 1. The molecule has 3 aromatic rings. The molecule has 0 bridgehead atoms. The summed E-state index contributed by atoms with van der Waals surface area (Å²) < 4.78 is 6.55. The van der Waals surface area contributed by atoms with Gasteiger partial charge in [-0.25, -0.2) is 0 Å². The van der Waals surface area contributed by atoms with Crippen LogP contribution in [0.4, 0.5) is 10.8 Å². The maximum atomic E-state index is 12.1. The Morgan fingerprint density at radius 3 is 2.79 bits per heavy atom. The number of aryl methyl sites for hydroxylation is 1. The zero-order valence-electron chi connectivity index (χ0n) is 15.3. The Morgan fingerprint density at radius 1 is 1.21 bits per heavy atom. The Labute approximate surface area is 172 Å². The van der Waals surface area contributed by atoms with Crippen LogP contribution in [0.25, 0.3) is 0 Å². The smallest absolute Gasteiger partial charge is 0.234 e. The number of hydrogen-bond acceptors (Lipinski definition) is 7. The molecule has 0 spiro atoms. The van der Waals surface area contributed by atoms with Crippen LogP contribution in [0, 0.1) is 6.92 Å². The fourth-order valence-corrected chi connectivity index (χ4v) is 3.80. The first-order chi connectivity index (χ1) is 13.6. The predicted octanol–water partition coefficient (Wildman–Crippen LogP) is 4.97. The summed E-state index contributed by atoms with van der Waals surface area (Å²) in [5.41, 5.74) is 1.85. The van der Waals surface area contributed by atoms with Crippen LogP contribution in [0.1, 0.15) is 5.56 Å². The first kappa shape index (κ1) is 19.9. The Morgan fingerprint density at radius 2 is 2.04 bits per heavy atom. The average molecular weight is 413 g/mol. The number of aromatic nitrogens is 2. The molecule has 144 valence electrons. The minimum Gasteiger partial charge on any atom is -0.457 e. The van der Waals surface area contributed by atoms with Gasteiger partial charge in [0.2, 0.25) is 11.0 Å². The van der Waals surface area contributed by atoms with Crippen LogP contribution in [-0.4, -0.2) is 28.4 Å². The quantitative estimate of drug-likeness (QED) is 0.382. The standard InChI is InChI=1S/C20H20N4O2S2/c1-3-11-21-19-23-24-20(28-19)27-13-18(25)22-15-7-9-16(10-8-15)26-17-6-4-5-14(2)12-17/h3-10,12H,1,11,13H2,2H3,(H,21,23)(H,22,25). The van der Waals surface area contributed by atoms with E-state index in [-0.39, 0.29) is 11.7 Å². The zero-order valence-corrected chi connectivity index (χ0v) is 17.0. The molecule has 0 aliphatic heterocycles. The Balaban J connectivity index is 1.47. The van der Waals surface area contributed by atoms with E-state index in [1.165, 1.54) is 23.1 Å². The van der Waals surface area contributed by atoms with Crippen LogP contribution in [-0.2, 0) is 4.79 Å². The number of anilines is 2. The number of nitrogens with zero attached hydrogens (tertiary/aromatic N) is 2. The summed E-state index contributed by atoms with van der Waals surface area (Å²) in [4.78, 5) is 12.1. The highest BCUT2D eigenvalue weighted by molar-refractivity contribution is 8.01. The lowest BCUT2D eigenvalue weighted by molar-refractivity contribution is -0.113. The molecular formula is C20H20N4O2S2. The molecule has 0 radical (unpaired) electrons. The molecule has 0 saturated carbocycles. The Bertz CT molecular complexity index is 941. The first-order valence-corrected chi connectivity index (χ1v) is 10.4. The molecule has 2 N–H and O–H groups in total. The maximum absolute atomic E-state index is 12.1. The van der Waals surface area contributed by atoms with Gasteiger partial charge in [-0.1, -0.05) is 41.3 Å². The van der Waals surface area contributed by atoms with Gasteiger partial charge in [-0.15, -0.1) is 16.8 Å². The summed E-state index contributed by atoms with van der Waals surface area (Å²) in [5, 5.41) is 14.7. The summed E-state index contributed by atoms with van der Waals surface area (Å²) >= 11 is 2.76. The van der Waals surface area contributed by atoms with Gasteiger partial charge in [-0.3, -0.25) is 4.79 Å². The molecular weight excluding hydrogens is 392 g/mol. The van der Waals surface area contributed by atoms with E-state index in [1.54, 1.807) is 6.08 Å². The summed E-state index contributed by atoms with van der Waals surface area (Å²) in [6, 6.07) is 15.1. The van der Waals surface area contributed by atoms with Crippen molar-refractivity contribution in [2.45, 2.75) is 11.3 Å². The van der Waals surface area contributed by atoms with Gasteiger partial charge < -0.3 is 15.4 Å². The summed E-state index contributed by atoms with van der Waals surface area (Å²) in [5.74, 6) is 1.66. The predicted molar refractivity (Wildman–Crippen MR) is 116 cm³/mol. The third-order valence-corrected chi connectivity index (χ3v) is 5.51. The summed E-state index contributed by atoms with van der Waals surface area (Å²) in [6.45, 7) is 6.29. The molecule has 1 aromatic heterocycles. The van der Waals surface area contributed by atoms with Crippen LogP contribution in [0.3, 0.4) is 0 Å². The van der Waals surface area contributed by atoms with Gasteiger partial charge in [0, 0.05) is 12.2 Å². The largest absolute Gasteiger partial charge is 0.457 e. The lowest BCUT2D eigenvalue weighted by Crippen LogP contribution is -2.13. The Kier molecular flexibility index (Phi) is 7.05. The molecule has 3 rings (SSSR count). The number of thioether (sulfide) groups is 1. The number of carbonyl (C=O) groups is 1. The van der Waals surface area contributed by atoms with Gasteiger partial charge in [0.15, 0.2) is 4.34 Å². The second kappa shape index (κ2) is 9.91. The number of amides is 1. The van der Waals surface area contributed by atoms with Crippen molar-refractivity contribution in [3.63, 3.8) is 0 Å². The highest BCUT2D eigenvalue weighted by atomic mass is 32.2. The molecule has 1 heterocycles.